The van der Waals surface area contributed by atoms with Crippen molar-refractivity contribution in [3.05, 3.63) is 12.4 Å². The Labute approximate surface area is 85.1 Å². The van der Waals surface area contributed by atoms with Crippen molar-refractivity contribution in [2.24, 2.45) is 0 Å². The number of hydrogen-bond donors (Lipinski definition) is 1. The zero-order valence-corrected chi connectivity index (χ0v) is 9.32. The normalized spacial score (nSPS) is 12.4. The van der Waals surface area contributed by atoms with Crippen molar-refractivity contribution in [2.75, 3.05) is 5.73 Å². The molecule has 0 saturated heterocycles. The van der Waals surface area contributed by atoms with Crippen LogP contribution in [0.25, 0.3) is 0 Å². The summed E-state index contributed by atoms with van der Waals surface area (Å²) >= 11 is 0. The van der Waals surface area contributed by atoms with E-state index < -0.39 is 0 Å². The highest BCUT2D eigenvalue weighted by Crippen LogP contribution is 2.16. The van der Waals surface area contributed by atoms with Crippen LogP contribution < -0.4 is 5.73 Å². The van der Waals surface area contributed by atoms with E-state index in [0.717, 1.165) is 6.54 Å². The van der Waals surface area contributed by atoms with E-state index in [1.54, 1.807) is 6.20 Å². The zero-order valence-electron chi connectivity index (χ0n) is 9.32. The Hall–Kier alpha value is -1.03. The van der Waals surface area contributed by atoms with Crippen molar-refractivity contribution < 1.29 is 4.74 Å². The average molecular weight is 197 g/mol. The molecule has 0 unspecified atom stereocenters. The van der Waals surface area contributed by atoms with Gasteiger partial charge in [-0.2, -0.15) is 0 Å². The van der Waals surface area contributed by atoms with Crippen LogP contribution in [0.3, 0.4) is 0 Å². The molecule has 0 aromatic carbocycles. The summed E-state index contributed by atoms with van der Waals surface area (Å²) in [7, 11) is 0. The molecule has 1 aromatic heterocycles. The van der Waals surface area contributed by atoms with Crippen LogP contribution in [0.5, 0.6) is 0 Å². The number of nitrogens with two attached hydrogens (primary N) is 1. The molecule has 0 aliphatic rings. The van der Waals surface area contributed by atoms with Gasteiger partial charge in [0.1, 0.15) is 0 Å². The number of rotatable bonds is 4. The fraction of sp³-hybridized carbons (Fsp3) is 0.700. The van der Waals surface area contributed by atoms with Gasteiger partial charge in [0.05, 0.1) is 18.2 Å². The number of nitrogen functional groups attached to an aromatic ring is 1. The lowest BCUT2D eigenvalue weighted by Crippen LogP contribution is -2.33. The summed E-state index contributed by atoms with van der Waals surface area (Å²) in [5.74, 6) is 0.533. The standard InChI is InChI=1S/C10H19N3O/c1-8(2)14-10(3,4)7-13-6-5-12-9(13)11/h5-6,8H,7H2,1-4H3,(H2,11,12). The van der Waals surface area contributed by atoms with Crippen molar-refractivity contribution in [3.63, 3.8) is 0 Å². The van der Waals surface area contributed by atoms with Gasteiger partial charge < -0.3 is 15.0 Å². The fourth-order valence-corrected chi connectivity index (χ4v) is 1.56. The van der Waals surface area contributed by atoms with Crippen molar-refractivity contribution in [1.29, 1.82) is 0 Å². The predicted octanol–water partition coefficient (Wildman–Crippen LogP) is 1.67. The van der Waals surface area contributed by atoms with E-state index in [1.807, 2.05) is 38.5 Å². The van der Waals surface area contributed by atoms with Crippen molar-refractivity contribution in [1.82, 2.24) is 9.55 Å². The lowest BCUT2D eigenvalue weighted by molar-refractivity contribution is -0.0650. The Morgan fingerprint density at radius 3 is 2.64 bits per heavy atom. The molecule has 0 aliphatic heterocycles. The Kier molecular flexibility index (Phi) is 3.16. The van der Waals surface area contributed by atoms with Gasteiger partial charge in [0.25, 0.3) is 0 Å². The highest BCUT2D eigenvalue weighted by molar-refractivity contribution is 5.16. The molecular formula is C10H19N3O. The Balaban J connectivity index is 2.63. The SMILES string of the molecule is CC(C)OC(C)(C)Cn1ccnc1N. The van der Waals surface area contributed by atoms with Gasteiger partial charge in [-0.05, 0) is 27.7 Å². The molecule has 0 aliphatic carbocycles. The summed E-state index contributed by atoms with van der Waals surface area (Å²) in [6.07, 6.45) is 3.77. The maximum Gasteiger partial charge on any atom is 0.200 e. The zero-order chi connectivity index (χ0) is 10.8. The third kappa shape index (κ3) is 3.03. The molecule has 4 nitrogen and oxygen atoms in total. The van der Waals surface area contributed by atoms with Crippen LogP contribution in [0.2, 0.25) is 0 Å². The number of hydrogen-bond acceptors (Lipinski definition) is 3. The minimum atomic E-state index is -0.219. The molecule has 0 bridgehead atoms. The smallest absolute Gasteiger partial charge is 0.200 e. The van der Waals surface area contributed by atoms with Gasteiger partial charge in [-0.15, -0.1) is 0 Å². The predicted molar refractivity (Wildman–Crippen MR) is 56.9 cm³/mol. The molecule has 1 aromatic rings. The van der Waals surface area contributed by atoms with E-state index in [2.05, 4.69) is 4.98 Å². The van der Waals surface area contributed by atoms with Gasteiger partial charge in [-0.1, -0.05) is 0 Å². The lowest BCUT2D eigenvalue weighted by Gasteiger charge is -2.28. The highest BCUT2D eigenvalue weighted by Gasteiger charge is 2.21. The molecule has 0 radical (unpaired) electrons. The first-order valence-corrected chi connectivity index (χ1v) is 4.85. The molecule has 0 amide bonds. The second kappa shape index (κ2) is 4.00. The van der Waals surface area contributed by atoms with Gasteiger partial charge >= 0.3 is 0 Å². The first kappa shape index (κ1) is 11.0. The molecule has 1 heterocycles. The van der Waals surface area contributed by atoms with E-state index in [1.165, 1.54) is 0 Å². The van der Waals surface area contributed by atoms with Crippen LogP contribution >= 0.6 is 0 Å². The maximum atomic E-state index is 5.76. The average Bonchev–Trinajstić information content (AvgIpc) is 2.32. The molecule has 0 atom stereocenters. The molecule has 2 N–H and O–H groups in total. The molecule has 0 fully saturated rings. The number of aromatic nitrogens is 2. The topological polar surface area (TPSA) is 53.1 Å². The van der Waals surface area contributed by atoms with Gasteiger partial charge in [0.15, 0.2) is 5.95 Å². The summed E-state index contributed by atoms with van der Waals surface area (Å²) < 4.78 is 7.65. The lowest BCUT2D eigenvalue weighted by atomic mass is 10.1. The van der Waals surface area contributed by atoms with Crippen LogP contribution in [-0.4, -0.2) is 21.3 Å². The van der Waals surface area contributed by atoms with Gasteiger partial charge in [-0.25, -0.2) is 4.98 Å². The molecule has 0 spiro atoms. The number of ether oxygens (including phenoxy) is 1. The Morgan fingerprint density at radius 1 is 1.57 bits per heavy atom. The van der Waals surface area contributed by atoms with Crippen molar-refractivity contribution >= 4 is 5.95 Å². The third-order valence-corrected chi connectivity index (χ3v) is 1.85. The molecule has 14 heavy (non-hydrogen) atoms. The first-order chi connectivity index (χ1) is 6.41. The van der Waals surface area contributed by atoms with E-state index >= 15 is 0 Å². The first-order valence-electron chi connectivity index (χ1n) is 4.85. The van der Waals surface area contributed by atoms with E-state index in [9.17, 15) is 0 Å². The van der Waals surface area contributed by atoms with Crippen molar-refractivity contribution in [2.45, 2.75) is 45.9 Å². The Bertz CT molecular complexity index is 291. The summed E-state index contributed by atoms with van der Waals surface area (Å²) in [5.41, 5.74) is 5.46. The van der Waals surface area contributed by atoms with Crippen LogP contribution in [-0.2, 0) is 11.3 Å². The van der Waals surface area contributed by atoms with Crippen LogP contribution in [0.1, 0.15) is 27.7 Å². The van der Waals surface area contributed by atoms with Crippen LogP contribution in [0, 0.1) is 0 Å². The summed E-state index contributed by atoms with van der Waals surface area (Å²) in [4.78, 5) is 3.97. The van der Waals surface area contributed by atoms with Crippen LogP contribution in [0.15, 0.2) is 12.4 Å². The van der Waals surface area contributed by atoms with Gasteiger partial charge in [0, 0.05) is 12.4 Å². The van der Waals surface area contributed by atoms with E-state index in [-0.39, 0.29) is 11.7 Å². The summed E-state index contributed by atoms with van der Waals surface area (Å²) in [6, 6.07) is 0. The number of nitrogens with zero attached hydrogens (tertiary/aromatic N) is 2. The molecule has 1 rings (SSSR count). The minimum Gasteiger partial charge on any atom is -0.371 e. The van der Waals surface area contributed by atoms with E-state index in [0.29, 0.717) is 5.95 Å². The van der Waals surface area contributed by atoms with Crippen molar-refractivity contribution in [3.8, 4) is 0 Å². The number of anilines is 1. The van der Waals surface area contributed by atoms with Gasteiger partial charge in [-0.3, -0.25) is 0 Å². The second-order valence-electron chi connectivity index (χ2n) is 4.34. The van der Waals surface area contributed by atoms with Gasteiger partial charge in [0.2, 0.25) is 0 Å². The third-order valence-electron chi connectivity index (χ3n) is 1.85. The quantitative estimate of drug-likeness (QED) is 0.798. The van der Waals surface area contributed by atoms with Crippen LogP contribution in [0.4, 0.5) is 5.95 Å². The summed E-state index contributed by atoms with van der Waals surface area (Å²) in [6.45, 7) is 8.87. The monoisotopic (exact) mass is 197 g/mol. The molecular weight excluding hydrogens is 178 g/mol. The fourth-order valence-electron chi connectivity index (χ4n) is 1.56. The largest absolute Gasteiger partial charge is 0.371 e. The highest BCUT2D eigenvalue weighted by atomic mass is 16.5. The molecule has 80 valence electrons. The molecule has 4 heteroatoms. The molecule has 0 saturated carbocycles. The number of imidazole rings is 1. The van der Waals surface area contributed by atoms with E-state index in [4.69, 9.17) is 10.5 Å². The Morgan fingerprint density at radius 2 is 2.21 bits per heavy atom. The minimum absolute atomic E-state index is 0.217. The maximum absolute atomic E-state index is 5.76. The summed E-state index contributed by atoms with van der Waals surface area (Å²) in [5, 5.41) is 0. The second-order valence-corrected chi connectivity index (χ2v) is 4.34.